The summed E-state index contributed by atoms with van der Waals surface area (Å²) in [5.41, 5.74) is 3.01. The summed E-state index contributed by atoms with van der Waals surface area (Å²) in [7, 11) is 0. The maximum Gasteiger partial charge on any atom is 0.292 e. The summed E-state index contributed by atoms with van der Waals surface area (Å²) in [5, 5.41) is 4.04. The molecule has 0 N–H and O–H groups in total. The lowest BCUT2D eigenvalue weighted by molar-refractivity contribution is 0.0631. The first-order valence-electron chi connectivity index (χ1n) is 9.18. The van der Waals surface area contributed by atoms with Crippen molar-refractivity contribution in [1.82, 2.24) is 15.0 Å². The molecule has 0 unspecified atom stereocenters. The van der Waals surface area contributed by atoms with Crippen LogP contribution < -0.4 is 0 Å². The van der Waals surface area contributed by atoms with Gasteiger partial charge in [0.2, 0.25) is 5.76 Å². The fourth-order valence-electron chi connectivity index (χ4n) is 3.51. The first-order chi connectivity index (χ1) is 12.0. The number of hydrogen-bond acceptors (Lipinski definition) is 4. The van der Waals surface area contributed by atoms with Crippen LogP contribution in [0.4, 0.5) is 0 Å². The van der Waals surface area contributed by atoms with E-state index in [1.54, 1.807) is 6.07 Å². The monoisotopic (exact) mass is 341 g/mol. The Morgan fingerprint density at radius 1 is 1.36 bits per heavy atom. The Morgan fingerprint density at radius 2 is 2.20 bits per heavy atom. The maximum absolute atomic E-state index is 12.7. The molecule has 2 aromatic heterocycles. The van der Waals surface area contributed by atoms with E-state index in [1.165, 1.54) is 0 Å². The van der Waals surface area contributed by atoms with Crippen molar-refractivity contribution in [1.29, 1.82) is 0 Å². The summed E-state index contributed by atoms with van der Waals surface area (Å²) in [6, 6.07) is 7.93. The third kappa shape index (κ3) is 4.68. The Hall–Kier alpha value is -2.17. The van der Waals surface area contributed by atoms with Gasteiger partial charge in [0.05, 0.1) is 5.69 Å². The number of amides is 1. The van der Waals surface area contributed by atoms with Crippen LogP contribution in [0.2, 0.25) is 0 Å². The Kier molecular flexibility index (Phi) is 5.51. The molecule has 3 rings (SSSR count). The summed E-state index contributed by atoms with van der Waals surface area (Å²) >= 11 is 0. The van der Waals surface area contributed by atoms with Gasteiger partial charge in [-0.1, -0.05) is 25.1 Å². The summed E-state index contributed by atoms with van der Waals surface area (Å²) in [6.45, 7) is 7.82. The zero-order chi connectivity index (χ0) is 17.8. The van der Waals surface area contributed by atoms with Gasteiger partial charge in [-0.2, -0.15) is 0 Å². The van der Waals surface area contributed by atoms with Gasteiger partial charge in [0, 0.05) is 30.5 Å². The highest BCUT2D eigenvalue weighted by Gasteiger charge is 2.27. The first-order valence-corrected chi connectivity index (χ1v) is 9.18. The van der Waals surface area contributed by atoms with E-state index >= 15 is 0 Å². The minimum Gasteiger partial charge on any atom is -0.351 e. The van der Waals surface area contributed by atoms with Crippen LogP contribution in [-0.2, 0) is 12.8 Å². The van der Waals surface area contributed by atoms with Crippen molar-refractivity contribution in [3.63, 3.8) is 0 Å². The predicted molar refractivity (Wildman–Crippen MR) is 96.4 cm³/mol. The normalized spacial score (nSPS) is 17.9. The molecule has 1 fully saturated rings. The Morgan fingerprint density at radius 3 is 2.96 bits per heavy atom. The standard InChI is InChI=1S/C20H27N3O2/c1-14(2)10-18-12-19(25-22-18)20(24)23-9-5-7-16(13-23)11-17-8-4-6-15(3)21-17/h4,6,8,12,14,16H,5,7,9-11,13H2,1-3H3/t16-/m0/s1. The zero-order valence-corrected chi connectivity index (χ0v) is 15.4. The van der Waals surface area contributed by atoms with Gasteiger partial charge in [0.25, 0.3) is 5.91 Å². The van der Waals surface area contributed by atoms with Gasteiger partial charge in [-0.25, -0.2) is 0 Å². The highest BCUT2D eigenvalue weighted by molar-refractivity contribution is 5.91. The largest absolute Gasteiger partial charge is 0.351 e. The lowest BCUT2D eigenvalue weighted by Gasteiger charge is -2.32. The van der Waals surface area contributed by atoms with Gasteiger partial charge in [0.1, 0.15) is 0 Å². The summed E-state index contributed by atoms with van der Waals surface area (Å²) in [4.78, 5) is 19.2. The molecule has 3 heterocycles. The maximum atomic E-state index is 12.7. The van der Waals surface area contributed by atoms with Crippen molar-refractivity contribution in [2.24, 2.45) is 11.8 Å². The average molecular weight is 341 g/mol. The number of piperidine rings is 1. The Labute approximate surface area is 149 Å². The number of carbonyl (C=O) groups excluding carboxylic acids is 1. The van der Waals surface area contributed by atoms with Crippen LogP contribution in [0.1, 0.15) is 54.3 Å². The molecule has 1 atom stereocenters. The van der Waals surface area contributed by atoms with Crippen LogP contribution in [0.3, 0.4) is 0 Å². The number of nitrogens with zero attached hydrogens (tertiary/aromatic N) is 3. The molecular weight excluding hydrogens is 314 g/mol. The number of pyridine rings is 1. The molecule has 134 valence electrons. The van der Waals surface area contributed by atoms with Crippen LogP contribution in [0.15, 0.2) is 28.8 Å². The molecule has 1 amide bonds. The number of carbonyl (C=O) groups is 1. The molecule has 0 radical (unpaired) electrons. The number of likely N-dealkylation sites (tertiary alicyclic amines) is 1. The van der Waals surface area contributed by atoms with E-state index in [0.717, 1.165) is 55.9 Å². The fourth-order valence-corrected chi connectivity index (χ4v) is 3.51. The van der Waals surface area contributed by atoms with Crippen LogP contribution in [0.25, 0.3) is 0 Å². The van der Waals surface area contributed by atoms with Crippen LogP contribution in [0.5, 0.6) is 0 Å². The molecule has 0 bridgehead atoms. The molecule has 0 spiro atoms. The molecule has 1 aliphatic rings. The molecular formula is C20H27N3O2. The van der Waals surface area contributed by atoms with E-state index < -0.39 is 0 Å². The third-order valence-corrected chi connectivity index (χ3v) is 4.64. The van der Waals surface area contributed by atoms with Gasteiger partial charge in [-0.05, 0) is 56.6 Å². The number of aromatic nitrogens is 2. The summed E-state index contributed by atoms with van der Waals surface area (Å²) in [5.74, 6) is 1.27. The fraction of sp³-hybridized carbons (Fsp3) is 0.550. The third-order valence-electron chi connectivity index (χ3n) is 4.64. The molecule has 5 heteroatoms. The van der Waals surface area contributed by atoms with E-state index in [2.05, 4.69) is 30.1 Å². The predicted octanol–water partition coefficient (Wildman–Crippen LogP) is 3.67. The van der Waals surface area contributed by atoms with Crippen molar-refractivity contribution in [2.45, 2.75) is 46.5 Å². The highest BCUT2D eigenvalue weighted by Crippen LogP contribution is 2.22. The SMILES string of the molecule is Cc1cccc(C[C@@H]2CCCN(C(=O)c3cc(CC(C)C)no3)C2)n1. The van der Waals surface area contributed by atoms with Crippen molar-refractivity contribution in [3.05, 3.63) is 47.1 Å². The lowest BCUT2D eigenvalue weighted by atomic mass is 9.93. The van der Waals surface area contributed by atoms with Gasteiger partial charge in [-0.15, -0.1) is 0 Å². The molecule has 0 aromatic carbocycles. The molecule has 0 aliphatic carbocycles. The number of hydrogen-bond donors (Lipinski definition) is 0. The topological polar surface area (TPSA) is 59.2 Å². The second kappa shape index (κ2) is 7.81. The smallest absolute Gasteiger partial charge is 0.292 e. The van der Waals surface area contributed by atoms with E-state index in [1.807, 2.05) is 24.0 Å². The Balaban J connectivity index is 1.62. The Bertz CT molecular complexity index is 723. The van der Waals surface area contributed by atoms with E-state index in [9.17, 15) is 4.79 Å². The van der Waals surface area contributed by atoms with Crippen molar-refractivity contribution in [2.75, 3.05) is 13.1 Å². The quantitative estimate of drug-likeness (QED) is 0.832. The number of aryl methyl sites for hydroxylation is 1. The molecule has 2 aromatic rings. The highest BCUT2D eigenvalue weighted by atomic mass is 16.5. The zero-order valence-electron chi connectivity index (χ0n) is 15.4. The minimum atomic E-state index is -0.0376. The van der Waals surface area contributed by atoms with Crippen molar-refractivity contribution >= 4 is 5.91 Å². The molecule has 1 aliphatic heterocycles. The van der Waals surface area contributed by atoms with E-state index in [4.69, 9.17) is 4.52 Å². The molecule has 5 nitrogen and oxygen atoms in total. The van der Waals surface area contributed by atoms with E-state index in [0.29, 0.717) is 17.6 Å². The number of rotatable bonds is 5. The van der Waals surface area contributed by atoms with E-state index in [-0.39, 0.29) is 5.91 Å². The summed E-state index contributed by atoms with van der Waals surface area (Å²) < 4.78 is 5.30. The minimum absolute atomic E-state index is 0.0376. The van der Waals surface area contributed by atoms with Gasteiger partial charge in [-0.3, -0.25) is 9.78 Å². The van der Waals surface area contributed by atoms with Gasteiger partial charge < -0.3 is 9.42 Å². The van der Waals surface area contributed by atoms with Crippen molar-refractivity contribution in [3.8, 4) is 0 Å². The van der Waals surface area contributed by atoms with Crippen LogP contribution >= 0.6 is 0 Å². The summed E-state index contributed by atoms with van der Waals surface area (Å²) in [6.07, 6.45) is 3.91. The molecule has 0 saturated carbocycles. The van der Waals surface area contributed by atoms with Crippen LogP contribution in [-0.4, -0.2) is 34.0 Å². The van der Waals surface area contributed by atoms with Gasteiger partial charge in [0.15, 0.2) is 0 Å². The lowest BCUT2D eigenvalue weighted by Crippen LogP contribution is -2.40. The average Bonchev–Trinajstić information content (AvgIpc) is 3.02. The molecule has 1 saturated heterocycles. The second-order valence-corrected chi connectivity index (χ2v) is 7.51. The van der Waals surface area contributed by atoms with Crippen molar-refractivity contribution < 1.29 is 9.32 Å². The first kappa shape index (κ1) is 17.6. The molecule has 25 heavy (non-hydrogen) atoms. The van der Waals surface area contributed by atoms with Gasteiger partial charge >= 0.3 is 0 Å². The second-order valence-electron chi connectivity index (χ2n) is 7.51. The van der Waals surface area contributed by atoms with Crippen LogP contribution in [0, 0.1) is 18.8 Å².